The second kappa shape index (κ2) is 8.16. The number of carbonyl (C=O) groups excluding carboxylic acids is 2. The molecule has 0 atom stereocenters. The van der Waals surface area contributed by atoms with Gasteiger partial charge in [0.1, 0.15) is 5.02 Å². The van der Waals surface area contributed by atoms with Crippen molar-refractivity contribution in [2.45, 2.75) is 0 Å². The molecule has 3 rings (SSSR count). The van der Waals surface area contributed by atoms with Crippen molar-refractivity contribution in [3.8, 4) is 5.69 Å². The van der Waals surface area contributed by atoms with E-state index in [-0.39, 0.29) is 22.4 Å². The fourth-order valence-corrected chi connectivity index (χ4v) is 2.59. The number of nitrogens with one attached hydrogen (secondary N) is 1. The first-order chi connectivity index (χ1) is 13.0. The summed E-state index contributed by atoms with van der Waals surface area (Å²) in [5, 5.41) is 6.43. The van der Waals surface area contributed by atoms with Gasteiger partial charge in [-0.25, -0.2) is 0 Å². The lowest BCUT2D eigenvalue weighted by Crippen LogP contribution is -2.29. The minimum Gasteiger partial charge on any atom is -0.345 e. The summed E-state index contributed by atoms with van der Waals surface area (Å²) in [7, 11) is 0. The summed E-state index contributed by atoms with van der Waals surface area (Å²) in [6, 6.07) is 14.8. The Labute approximate surface area is 164 Å². The first-order valence-corrected chi connectivity index (χ1v) is 8.63. The van der Waals surface area contributed by atoms with Crippen molar-refractivity contribution in [3.63, 3.8) is 0 Å². The van der Waals surface area contributed by atoms with E-state index in [1.807, 2.05) is 6.07 Å². The lowest BCUT2D eigenvalue weighted by molar-refractivity contribution is 0.0904. The normalized spacial score (nSPS) is 10.4. The molecule has 27 heavy (non-hydrogen) atoms. The van der Waals surface area contributed by atoms with Crippen LogP contribution in [0.1, 0.15) is 20.7 Å². The lowest BCUT2D eigenvalue weighted by Gasteiger charge is -2.08. The van der Waals surface area contributed by atoms with E-state index in [1.54, 1.807) is 36.4 Å². The quantitative estimate of drug-likeness (QED) is 0.665. The van der Waals surface area contributed by atoms with Gasteiger partial charge in [0.05, 0.1) is 23.5 Å². The monoisotopic (exact) mass is 401 g/mol. The molecule has 136 valence electrons. The summed E-state index contributed by atoms with van der Waals surface area (Å²) in [5.41, 5.74) is 0.733. The minimum atomic E-state index is -0.560. The molecule has 0 saturated carbocycles. The summed E-state index contributed by atoms with van der Waals surface area (Å²) in [4.78, 5) is 36.3. The fraction of sp³-hybridized carbons (Fsp3) is 0.0526. The van der Waals surface area contributed by atoms with Crippen LogP contribution in [-0.4, -0.2) is 28.0 Å². The zero-order valence-corrected chi connectivity index (χ0v) is 15.4. The zero-order chi connectivity index (χ0) is 19.4. The van der Waals surface area contributed by atoms with Gasteiger partial charge in [-0.3, -0.25) is 14.4 Å². The van der Waals surface area contributed by atoms with Crippen molar-refractivity contribution in [1.29, 1.82) is 0 Å². The van der Waals surface area contributed by atoms with E-state index in [2.05, 4.69) is 10.4 Å². The number of hydrogen-bond donors (Lipinski definition) is 1. The molecule has 0 saturated heterocycles. The molecule has 0 aliphatic heterocycles. The van der Waals surface area contributed by atoms with Crippen LogP contribution in [0.15, 0.2) is 65.6 Å². The van der Waals surface area contributed by atoms with Crippen LogP contribution in [0.3, 0.4) is 0 Å². The van der Waals surface area contributed by atoms with Gasteiger partial charge in [0.25, 0.3) is 11.5 Å². The highest BCUT2D eigenvalue weighted by atomic mass is 35.5. The smallest absolute Gasteiger partial charge is 0.291 e. The average molecular weight is 402 g/mol. The van der Waals surface area contributed by atoms with Crippen molar-refractivity contribution in [3.05, 3.63) is 92.3 Å². The van der Waals surface area contributed by atoms with E-state index in [9.17, 15) is 14.4 Å². The van der Waals surface area contributed by atoms with Crippen molar-refractivity contribution in [1.82, 2.24) is 15.1 Å². The van der Waals surface area contributed by atoms with Gasteiger partial charge in [0, 0.05) is 11.1 Å². The summed E-state index contributed by atoms with van der Waals surface area (Å²) >= 11 is 11.6. The number of nitrogens with zero attached hydrogens (tertiary/aromatic N) is 2. The van der Waals surface area contributed by atoms with Gasteiger partial charge in [0.2, 0.25) is 0 Å². The maximum Gasteiger partial charge on any atom is 0.291 e. The van der Waals surface area contributed by atoms with Crippen LogP contribution in [0, 0.1) is 0 Å². The third kappa shape index (κ3) is 4.24. The molecule has 0 radical (unpaired) electrons. The molecular weight excluding hydrogens is 389 g/mol. The summed E-state index contributed by atoms with van der Waals surface area (Å²) in [5.74, 6) is -0.590. The standard InChI is InChI=1S/C19H13Cl2N3O3/c20-15-10-23-24(19(27)17(15)21)14-8-6-13(7-9-14)18(26)22-11-16(25)12-4-2-1-3-5-12/h1-10H,11H2,(H,22,26). The molecule has 0 aliphatic rings. The van der Waals surface area contributed by atoms with Crippen molar-refractivity contribution in [2.24, 2.45) is 0 Å². The van der Waals surface area contributed by atoms with Crippen molar-refractivity contribution >= 4 is 34.9 Å². The zero-order valence-electron chi connectivity index (χ0n) is 13.9. The first kappa shape index (κ1) is 18.8. The molecule has 3 aromatic rings. The molecule has 8 heteroatoms. The first-order valence-electron chi connectivity index (χ1n) is 7.87. The number of ketones is 1. The molecule has 0 bridgehead atoms. The molecule has 0 aliphatic carbocycles. The Bertz CT molecular complexity index is 1050. The Hall–Kier alpha value is -2.96. The number of benzene rings is 2. The lowest BCUT2D eigenvalue weighted by atomic mass is 10.1. The van der Waals surface area contributed by atoms with Crippen molar-refractivity contribution < 1.29 is 9.59 Å². The predicted molar refractivity (Wildman–Crippen MR) is 103 cm³/mol. The van der Waals surface area contributed by atoms with Gasteiger partial charge in [-0.1, -0.05) is 53.5 Å². The molecule has 1 N–H and O–H groups in total. The van der Waals surface area contributed by atoms with Gasteiger partial charge in [0.15, 0.2) is 5.78 Å². The second-order valence-corrected chi connectivity index (χ2v) is 6.33. The molecule has 1 heterocycles. The topological polar surface area (TPSA) is 81.1 Å². The molecule has 1 amide bonds. The molecule has 0 fully saturated rings. The molecule has 6 nitrogen and oxygen atoms in total. The average Bonchev–Trinajstić information content (AvgIpc) is 2.71. The summed E-state index contributed by atoms with van der Waals surface area (Å²) in [6.45, 7) is -0.113. The van der Waals surface area contributed by atoms with Crippen molar-refractivity contribution in [2.75, 3.05) is 6.54 Å². The van der Waals surface area contributed by atoms with Crippen LogP contribution in [0.5, 0.6) is 0 Å². The number of Topliss-reactive ketones (excluding diaryl/α,β-unsaturated/α-hetero) is 1. The molecule has 0 unspecified atom stereocenters. The predicted octanol–water partition coefficient (Wildman–Crippen LogP) is 3.15. The second-order valence-electron chi connectivity index (χ2n) is 5.54. The third-order valence-electron chi connectivity index (χ3n) is 3.76. The highest BCUT2D eigenvalue weighted by Gasteiger charge is 2.12. The van der Waals surface area contributed by atoms with Crippen LogP contribution in [0.4, 0.5) is 0 Å². The number of hydrogen-bond acceptors (Lipinski definition) is 4. The molecule has 2 aromatic carbocycles. The Morgan fingerprint density at radius 3 is 2.30 bits per heavy atom. The van der Waals surface area contributed by atoms with E-state index < -0.39 is 11.5 Å². The van der Waals surface area contributed by atoms with Gasteiger partial charge >= 0.3 is 0 Å². The van der Waals surface area contributed by atoms with Crippen LogP contribution >= 0.6 is 23.2 Å². The van der Waals surface area contributed by atoms with Gasteiger partial charge in [-0.05, 0) is 24.3 Å². The van der Waals surface area contributed by atoms with Crippen LogP contribution < -0.4 is 10.9 Å². The maximum atomic E-state index is 12.2. The number of aromatic nitrogens is 2. The van der Waals surface area contributed by atoms with Gasteiger partial charge in [-0.2, -0.15) is 9.78 Å². The van der Waals surface area contributed by atoms with E-state index in [0.29, 0.717) is 16.8 Å². The molecular formula is C19H13Cl2N3O3. The van der Waals surface area contributed by atoms with Gasteiger partial charge in [-0.15, -0.1) is 0 Å². The third-order valence-corrected chi connectivity index (χ3v) is 4.50. The summed E-state index contributed by atoms with van der Waals surface area (Å²) in [6.07, 6.45) is 1.26. The Morgan fingerprint density at radius 1 is 0.963 bits per heavy atom. The Balaban J connectivity index is 1.70. The molecule has 0 spiro atoms. The van der Waals surface area contributed by atoms with E-state index >= 15 is 0 Å². The minimum absolute atomic E-state index is 0.0667. The van der Waals surface area contributed by atoms with Gasteiger partial charge < -0.3 is 5.32 Å². The SMILES string of the molecule is O=C(CNC(=O)c1ccc(-n2ncc(Cl)c(Cl)c2=O)cc1)c1ccccc1. The highest BCUT2D eigenvalue weighted by Crippen LogP contribution is 2.16. The summed E-state index contributed by atoms with van der Waals surface area (Å²) < 4.78 is 1.08. The van der Waals surface area contributed by atoms with E-state index in [4.69, 9.17) is 23.2 Å². The Morgan fingerprint density at radius 2 is 1.63 bits per heavy atom. The van der Waals surface area contributed by atoms with E-state index in [0.717, 1.165) is 4.68 Å². The number of halogens is 2. The van der Waals surface area contributed by atoms with Crippen LogP contribution in [0.2, 0.25) is 10.0 Å². The van der Waals surface area contributed by atoms with E-state index in [1.165, 1.54) is 18.3 Å². The number of amides is 1. The van der Waals surface area contributed by atoms with Crippen LogP contribution in [0.25, 0.3) is 5.69 Å². The highest BCUT2D eigenvalue weighted by molar-refractivity contribution is 6.41. The number of rotatable bonds is 5. The van der Waals surface area contributed by atoms with Crippen LogP contribution in [-0.2, 0) is 0 Å². The molecule has 1 aromatic heterocycles. The maximum absolute atomic E-state index is 12.2. The largest absolute Gasteiger partial charge is 0.345 e. The fourth-order valence-electron chi connectivity index (χ4n) is 2.34. The number of carbonyl (C=O) groups is 2. The Kier molecular flexibility index (Phi) is 5.69.